The van der Waals surface area contributed by atoms with Crippen molar-refractivity contribution in [3.63, 3.8) is 0 Å². The molecule has 0 bridgehead atoms. The van der Waals surface area contributed by atoms with E-state index in [1.807, 2.05) is 0 Å². The number of esters is 1. The zero-order chi connectivity index (χ0) is 24.6. The highest BCUT2D eigenvalue weighted by atomic mass is 35.5. The summed E-state index contributed by atoms with van der Waals surface area (Å²) in [4.78, 5) is 44.3. The number of hydrogen-bond acceptors (Lipinski definition) is 8. The van der Waals surface area contributed by atoms with Crippen molar-refractivity contribution in [1.82, 2.24) is 4.98 Å². The standard InChI is InChI=1S/C24H19ClN2O6S/c1-12-21(23(31)33-3)34-24(26-12)27-18(13-6-10-16(32-2)11-7-13)17(20(29)22(27)30)19(28)14-4-8-15(25)9-5-14/h4-11,18,28H,1-3H3. The number of aliphatic hydroxyl groups excluding tert-OH is 1. The van der Waals surface area contributed by atoms with Crippen LogP contribution in [0.3, 0.4) is 0 Å². The highest BCUT2D eigenvalue weighted by Crippen LogP contribution is 2.44. The Labute approximate surface area is 204 Å². The van der Waals surface area contributed by atoms with Gasteiger partial charge in [0, 0.05) is 10.6 Å². The normalized spacial score (nSPS) is 17.2. The number of benzene rings is 2. The molecule has 0 spiro atoms. The second-order valence-corrected chi connectivity index (χ2v) is 8.77. The summed E-state index contributed by atoms with van der Waals surface area (Å²) in [7, 11) is 2.77. The van der Waals surface area contributed by atoms with E-state index < -0.39 is 23.7 Å². The molecule has 2 aromatic carbocycles. The van der Waals surface area contributed by atoms with Crippen LogP contribution in [0.5, 0.6) is 5.75 Å². The number of aromatic nitrogens is 1. The number of amides is 1. The van der Waals surface area contributed by atoms with Crippen LogP contribution >= 0.6 is 22.9 Å². The summed E-state index contributed by atoms with van der Waals surface area (Å²) in [6.45, 7) is 1.61. The Morgan fingerprint density at radius 3 is 2.32 bits per heavy atom. The molecule has 8 nitrogen and oxygen atoms in total. The first-order chi connectivity index (χ1) is 16.3. The minimum absolute atomic E-state index is 0.107. The molecular formula is C24H19ClN2O6S. The lowest BCUT2D eigenvalue weighted by Crippen LogP contribution is -2.29. The largest absolute Gasteiger partial charge is 0.507 e. The number of thiazole rings is 1. The summed E-state index contributed by atoms with van der Waals surface area (Å²) >= 11 is 6.89. The van der Waals surface area contributed by atoms with E-state index in [2.05, 4.69) is 4.98 Å². The Bertz CT molecular complexity index is 1310. The highest BCUT2D eigenvalue weighted by Gasteiger charge is 2.48. The quantitative estimate of drug-likeness (QED) is 0.238. The topological polar surface area (TPSA) is 106 Å². The van der Waals surface area contributed by atoms with Crippen molar-refractivity contribution in [2.45, 2.75) is 13.0 Å². The molecule has 10 heteroatoms. The van der Waals surface area contributed by atoms with Crippen LogP contribution in [-0.2, 0) is 14.3 Å². The lowest BCUT2D eigenvalue weighted by Gasteiger charge is -2.23. The van der Waals surface area contributed by atoms with Crippen molar-refractivity contribution in [3.8, 4) is 5.75 Å². The molecule has 0 saturated carbocycles. The van der Waals surface area contributed by atoms with Crippen LogP contribution in [0.1, 0.15) is 32.5 Å². The number of rotatable bonds is 5. The van der Waals surface area contributed by atoms with Gasteiger partial charge in [-0.1, -0.05) is 35.1 Å². The van der Waals surface area contributed by atoms with Gasteiger partial charge in [0.15, 0.2) is 5.13 Å². The molecule has 1 N–H and O–H groups in total. The van der Waals surface area contributed by atoms with E-state index in [4.69, 9.17) is 21.1 Å². The fourth-order valence-corrected chi connectivity index (χ4v) is 4.80. The summed E-state index contributed by atoms with van der Waals surface area (Å²) in [5, 5.41) is 11.7. The predicted molar refractivity (Wildman–Crippen MR) is 127 cm³/mol. The van der Waals surface area contributed by atoms with Gasteiger partial charge in [-0.2, -0.15) is 0 Å². The zero-order valence-electron chi connectivity index (χ0n) is 18.4. The molecule has 34 heavy (non-hydrogen) atoms. The molecule has 0 aliphatic carbocycles. The Hall–Kier alpha value is -3.69. The zero-order valence-corrected chi connectivity index (χ0v) is 19.9. The van der Waals surface area contributed by atoms with E-state index in [1.54, 1.807) is 55.5 Å². The van der Waals surface area contributed by atoms with E-state index in [9.17, 15) is 19.5 Å². The average molecular weight is 499 g/mol. The van der Waals surface area contributed by atoms with Gasteiger partial charge in [-0.05, 0) is 48.9 Å². The van der Waals surface area contributed by atoms with Crippen molar-refractivity contribution in [1.29, 1.82) is 0 Å². The monoisotopic (exact) mass is 498 g/mol. The molecule has 1 aliphatic rings. The van der Waals surface area contributed by atoms with Crippen LogP contribution in [0.25, 0.3) is 5.76 Å². The molecule has 4 rings (SSSR count). The van der Waals surface area contributed by atoms with Crippen molar-refractivity contribution >= 4 is 51.5 Å². The molecule has 1 amide bonds. The number of Topliss-reactive ketones (excluding diaryl/α,β-unsaturated/α-hetero) is 1. The number of ketones is 1. The van der Waals surface area contributed by atoms with E-state index >= 15 is 0 Å². The Balaban J connectivity index is 1.92. The molecule has 1 saturated heterocycles. The number of anilines is 1. The highest BCUT2D eigenvalue weighted by molar-refractivity contribution is 7.17. The number of hydrogen-bond donors (Lipinski definition) is 1. The third-order valence-corrected chi connectivity index (χ3v) is 6.74. The van der Waals surface area contributed by atoms with Gasteiger partial charge >= 0.3 is 11.9 Å². The van der Waals surface area contributed by atoms with E-state index in [1.165, 1.54) is 19.1 Å². The maximum Gasteiger partial charge on any atom is 0.350 e. The van der Waals surface area contributed by atoms with Crippen LogP contribution in [0.15, 0.2) is 54.1 Å². The van der Waals surface area contributed by atoms with E-state index in [0.717, 1.165) is 11.3 Å². The Kier molecular flexibility index (Phi) is 6.41. The molecular weight excluding hydrogens is 480 g/mol. The number of methoxy groups -OCH3 is 2. The van der Waals surface area contributed by atoms with Crippen molar-refractivity contribution in [2.24, 2.45) is 0 Å². The third-order valence-electron chi connectivity index (χ3n) is 5.36. The number of nitrogens with zero attached hydrogens (tertiary/aromatic N) is 2. The number of halogens is 1. The van der Waals surface area contributed by atoms with Crippen molar-refractivity contribution < 1.29 is 29.0 Å². The van der Waals surface area contributed by atoms with Gasteiger partial charge in [-0.15, -0.1) is 0 Å². The number of aliphatic hydroxyl groups is 1. The van der Waals surface area contributed by atoms with Crippen LogP contribution in [0.2, 0.25) is 5.02 Å². The van der Waals surface area contributed by atoms with Gasteiger partial charge in [0.05, 0.1) is 31.5 Å². The minimum atomic E-state index is -0.988. The SMILES string of the molecule is COC(=O)c1sc(N2C(=O)C(=O)C(=C(O)c3ccc(Cl)cc3)C2c2ccc(OC)cc2)nc1C. The van der Waals surface area contributed by atoms with Crippen LogP contribution in [0.4, 0.5) is 5.13 Å². The van der Waals surface area contributed by atoms with Gasteiger partial charge in [0.2, 0.25) is 0 Å². The maximum atomic E-state index is 13.2. The first kappa shape index (κ1) is 23.5. The molecule has 1 fully saturated rings. The van der Waals surface area contributed by atoms with Gasteiger partial charge in [-0.25, -0.2) is 9.78 Å². The van der Waals surface area contributed by atoms with Crippen LogP contribution < -0.4 is 9.64 Å². The summed E-state index contributed by atoms with van der Waals surface area (Å²) < 4.78 is 10.0. The second-order valence-electron chi connectivity index (χ2n) is 7.35. The van der Waals surface area contributed by atoms with Gasteiger partial charge < -0.3 is 14.6 Å². The summed E-state index contributed by atoms with van der Waals surface area (Å²) in [6, 6.07) is 12.0. The molecule has 1 aliphatic heterocycles. The summed E-state index contributed by atoms with van der Waals surface area (Å²) in [6.07, 6.45) is 0. The van der Waals surface area contributed by atoms with Crippen LogP contribution in [0, 0.1) is 6.92 Å². The fourth-order valence-electron chi connectivity index (χ4n) is 3.66. The molecule has 174 valence electrons. The lowest BCUT2D eigenvalue weighted by molar-refractivity contribution is -0.132. The van der Waals surface area contributed by atoms with Crippen molar-refractivity contribution in [2.75, 3.05) is 19.1 Å². The number of aryl methyl sites for hydroxylation is 1. The second kappa shape index (κ2) is 9.28. The van der Waals surface area contributed by atoms with Crippen molar-refractivity contribution in [3.05, 3.63) is 80.8 Å². The maximum absolute atomic E-state index is 13.2. The summed E-state index contributed by atoms with van der Waals surface area (Å²) in [5.41, 5.74) is 1.12. The van der Waals surface area contributed by atoms with Gasteiger partial charge in [0.1, 0.15) is 16.4 Å². The smallest absolute Gasteiger partial charge is 0.350 e. The molecule has 1 unspecified atom stereocenters. The molecule has 1 atom stereocenters. The first-order valence-corrected chi connectivity index (χ1v) is 11.2. The third kappa shape index (κ3) is 4.04. The summed E-state index contributed by atoms with van der Waals surface area (Å²) in [5.74, 6) is -2.11. The Morgan fingerprint density at radius 1 is 1.09 bits per heavy atom. The van der Waals surface area contributed by atoms with E-state index in [0.29, 0.717) is 27.6 Å². The van der Waals surface area contributed by atoms with Gasteiger partial charge in [-0.3, -0.25) is 14.5 Å². The molecule has 2 heterocycles. The first-order valence-electron chi connectivity index (χ1n) is 10.0. The number of carbonyl (C=O) groups excluding carboxylic acids is 3. The lowest BCUT2D eigenvalue weighted by atomic mass is 9.95. The van der Waals surface area contributed by atoms with Gasteiger partial charge in [0.25, 0.3) is 5.78 Å². The van der Waals surface area contributed by atoms with Crippen LogP contribution in [-0.4, -0.2) is 42.0 Å². The number of carbonyl (C=O) groups is 3. The molecule has 1 aromatic heterocycles. The number of ether oxygens (including phenoxy) is 2. The van der Waals surface area contributed by atoms with E-state index in [-0.39, 0.29) is 21.3 Å². The molecule has 3 aromatic rings. The average Bonchev–Trinajstić information content (AvgIpc) is 3.35. The Morgan fingerprint density at radius 2 is 1.74 bits per heavy atom. The fraction of sp³-hybridized carbons (Fsp3) is 0.167. The predicted octanol–water partition coefficient (Wildman–Crippen LogP) is 4.53. The molecule has 0 radical (unpaired) electrons. The minimum Gasteiger partial charge on any atom is -0.507 e.